The van der Waals surface area contributed by atoms with Crippen molar-refractivity contribution in [3.63, 3.8) is 0 Å². The first-order valence-electron chi connectivity index (χ1n) is 14.9. The number of amides is 2. The molecule has 0 radical (unpaired) electrons. The van der Waals surface area contributed by atoms with Gasteiger partial charge in [-0.3, -0.25) is 4.79 Å². The summed E-state index contributed by atoms with van der Waals surface area (Å²) in [5.41, 5.74) is 0.311. The number of thiazole rings is 1. The van der Waals surface area contributed by atoms with Crippen molar-refractivity contribution in [3.05, 3.63) is 88.4 Å². The molecule has 4 rings (SSSR count). The van der Waals surface area contributed by atoms with Gasteiger partial charge in [-0.15, -0.1) is 11.3 Å². The average molecular weight is 594 g/mol. The Labute approximate surface area is 252 Å². The lowest BCUT2D eigenvalue weighted by molar-refractivity contribution is -0.175. The van der Waals surface area contributed by atoms with Crippen molar-refractivity contribution in [1.82, 2.24) is 15.6 Å². The van der Waals surface area contributed by atoms with Crippen LogP contribution in [-0.4, -0.2) is 40.5 Å². The fourth-order valence-electron chi connectivity index (χ4n) is 5.37. The number of aliphatic hydroxyl groups is 1. The third-order valence-corrected chi connectivity index (χ3v) is 8.38. The van der Waals surface area contributed by atoms with Crippen LogP contribution in [0.1, 0.15) is 74.6 Å². The minimum atomic E-state index is -1.41. The molecule has 1 heterocycles. The Morgan fingerprint density at radius 2 is 1.69 bits per heavy atom. The van der Waals surface area contributed by atoms with Gasteiger partial charge >= 0.3 is 6.09 Å². The number of carbonyl (C=O) groups is 2. The second-order valence-corrected chi connectivity index (χ2v) is 12.4. The molecular formula is C33H43N3O5S. The predicted molar refractivity (Wildman–Crippen MR) is 164 cm³/mol. The predicted octanol–water partition coefficient (Wildman–Crippen LogP) is 6.17. The molecule has 2 aromatic carbocycles. The van der Waals surface area contributed by atoms with Gasteiger partial charge < -0.3 is 25.2 Å². The van der Waals surface area contributed by atoms with Gasteiger partial charge in [-0.05, 0) is 23.0 Å². The number of alkyl carbamates (subject to hydrolysis) is 1. The van der Waals surface area contributed by atoms with Gasteiger partial charge in [0.05, 0.1) is 6.61 Å². The van der Waals surface area contributed by atoms with Crippen molar-refractivity contribution in [1.29, 1.82) is 0 Å². The van der Waals surface area contributed by atoms with E-state index in [0.717, 1.165) is 36.8 Å². The number of aliphatic hydroxyl groups excluding tert-OH is 1. The molecule has 0 saturated heterocycles. The van der Waals surface area contributed by atoms with Crippen LogP contribution in [0.15, 0.2) is 72.2 Å². The first kappa shape index (κ1) is 31.7. The molecule has 0 spiro atoms. The number of nitrogens with zero attached hydrogens (tertiary/aromatic N) is 1. The Bertz CT molecular complexity index is 1220. The minimum absolute atomic E-state index is 0.0816. The van der Waals surface area contributed by atoms with Gasteiger partial charge in [-0.1, -0.05) is 107 Å². The van der Waals surface area contributed by atoms with Gasteiger partial charge in [-0.2, -0.15) is 0 Å². The quantitative estimate of drug-likeness (QED) is 0.193. The van der Waals surface area contributed by atoms with Crippen molar-refractivity contribution in [2.75, 3.05) is 6.61 Å². The smallest absolute Gasteiger partial charge is 0.408 e. The third-order valence-electron chi connectivity index (χ3n) is 7.56. The number of nitrogens with one attached hydrogen (secondary N) is 2. The molecule has 0 aliphatic heterocycles. The Balaban J connectivity index is 1.60. The molecule has 42 heavy (non-hydrogen) atoms. The first-order valence-corrected chi connectivity index (χ1v) is 15.8. The van der Waals surface area contributed by atoms with E-state index in [-0.39, 0.29) is 24.9 Å². The Kier molecular flexibility index (Phi) is 11.9. The fourth-order valence-corrected chi connectivity index (χ4v) is 6.07. The van der Waals surface area contributed by atoms with E-state index < -0.39 is 29.9 Å². The summed E-state index contributed by atoms with van der Waals surface area (Å²) in [4.78, 5) is 31.5. The maximum Gasteiger partial charge on any atom is 0.408 e. The number of carbonyl (C=O) groups excluding carboxylic acids is 2. The molecule has 9 heteroatoms. The van der Waals surface area contributed by atoms with Gasteiger partial charge in [0.1, 0.15) is 17.7 Å². The summed E-state index contributed by atoms with van der Waals surface area (Å²) in [5.74, 6) is -0.00906. The number of benzene rings is 2. The first-order chi connectivity index (χ1) is 20.3. The minimum Gasteiger partial charge on any atom is -0.445 e. The molecule has 1 fully saturated rings. The number of hydrogen-bond acceptors (Lipinski definition) is 7. The number of rotatable bonds is 14. The Morgan fingerprint density at radius 3 is 2.31 bits per heavy atom. The van der Waals surface area contributed by atoms with Crippen LogP contribution in [0.3, 0.4) is 0 Å². The fraction of sp³-hybridized carbons (Fsp3) is 0.485. The molecule has 1 aromatic heterocycles. The standard InChI is InChI=1S/C33H43N3O5S/c1-24(2)22-41-33(21-26-14-8-4-9-15-26,29(37)31-34-18-19-42-31)36-30(38)28(20-25-12-6-3-7-13-25)35-32(39)40-23-27-16-10-5-11-17-27/h3,5-7,10-13,16-19,24,26,28-29,37H,4,8-9,14-15,20-23H2,1-2H3,(H,35,39)(H,36,38)/t28-,29-,33-/m0/s1. The maximum atomic E-state index is 14.1. The molecule has 3 atom stereocenters. The zero-order valence-corrected chi connectivity index (χ0v) is 25.4. The van der Waals surface area contributed by atoms with E-state index >= 15 is 0 Å². The zero-order chi connectivity index (χ0) is 29.8. The highest BCUT2D eigenvalue weighted by Crippen LogP contribution is 2.39. The number of hydrogen-bond donors (Lipinski definition) is 3. The van der Waals surface area contributed by atoms with Crippen molar-refractivity contribution in [2.24, 2.45) is 11.8 Å². The van der Waals surface area contributed by atoms with E-state index in [9.17, 15) is 14.7 Å². The van der Waals surface area contributed by atoms with Crippen LogP contribution in [0.4, 0.5) is 4.79 Å². The van der Waals surface area contributed by atoms with E-state index in [1.165, 1.54) is 17.8 Å². The van der Waals surface area contributed by atoms with Gasteiger partial charge in [0.2, 0.25) is 5.91 Å². The number of ether oxygens (including phenoxy) is 2. The summed E-state index contributed by atoms with van der Waals surface area (Å²) >= 11 is 1.33. The normalized spacial score (nSPS) is 16.8. The summed E-state index contributed by atoms with van der Waals surface area (Å²) in [6.07, 6.45) is 5.87. The molecule has 0 unspecified atom stereocenters. The lowest BCUT2D eigenvalue weighted by Gasteiger charge is -2.42. The topological polar surface area (TPSA) is 110 Å². The highest BCUT2D eigenvalue weighted by atomic mass is 32.1. The molecule has 0 bridgehead atoms. The zero-order valence-electron chi connectivity index (χ0n) is 24.5. The van der Waals surface area contributed by atoms with Crippen LogP contribution >= 0.6 is 11.3 Å². The third kappa shape index (κ3) is 9.37. The van der Waals surface area contributed by atoms with Crippen LogP contribution in [-0.2, 0) is 27.3 Å². The van der Waals surface area contributed by atoms with Gasteiger partial charge in [0, 0.05) is 24.4 Å². The summed E-state index contributed by atoms with van der Waals surface area (Å²) < 4.78 is 12.0. The van der Waals surface area contributed by atoms with E-state index in [2.05, 4.69) is 15.6 Å². The van der Waals surface area contributed by atoms with Crippen molar-refractivity contribution >= 4 is 23.3 Å². The summed E-state index contributed by atoms with van der Waals surface area (Å²) in [6, 6.07) is 17.9. The maximum absolute atomic E-state index is 14.1. The van der Waals surface area contributed by atoms with Gasteiger partial charge in [0.15, 0.2) is 11.8 Å². The van der Waals surface area contributed by atoms with Crippen LogP contribution in [0.5, 0.6) is 0 Å². The molecule has 1 saturated carbocycles. The summed E-state index contributed by atoms with van der Waals surface area (Å²) in [7, 11) is 0. The van der Waals surface area contributed by atoms with Gasteiger partial charge in [0.25, 0.3) is 0 Å². The van der Waals surface area contributed by atoms with E-state index in [1.807, 2.05) is 74.5 Å². The molecule has 1 aliphatic rings. The number of aromatic nitrogens is 1. The second-order valence-electron chi connectivity index (χ2n) is 11.5. The van der Waals surface area contributed by atoms with Crippen LogP contribution in [0.25, 0.3) is 0 Å². The highest BCUT2D eigenvalue weighted by Gasteiger charge is 2.46. The largest absolute Gasteiger partial charge is 0.445 e. The SMILES string of the molecule is CC(C)CO[C@](CC1CCCCC1)(NC(=O)[C@H](Cc1ccccc1)NC(=O)OCc1ccccc1)[C@@H](O)c1nccs1. The Morgan fingerprint density at radius 1 is 1.02 bits per heavy atom. The van der Waals surface area contributed by atoms with E-state index in [1.54, 1.807) is 11.6 Å². The molecule has 226 valence electrons. The van der Waals surface area contributed by atoms with Crippen molar-refractivity contribution in [2.45, 2.75) is 83.3 Å². The summed E-state index contributed by atoms with van der Waals surface area (Å²) in [6.45, 7) is 4.49. The average Bonchev–Trinajstić information content (AvgIpc) is 3.55. The lowest BCUT2D eigenvalue weighted by Crippen LogP contribution is -2.61. The molecule has 3 N–H and O–H groups in total. The molecule has 3 aromatic rings. The van der Waals surface area contributed by atoms with Gasteiger partial charge in [-0.25, -0.2) is 9.78 Å². The molecule has 8 nitrogen and oxygen atoms in total. The van der Waals surface area contributed by atoms with Crippen LogP contribution < -0.4 is 10.6 Å². The lowest BCUT2D eigenvalue weighted by atomic mass is 9.81. The van der Waals surface area contributed by atoms with Crippen molar-refractivity contribution < 1.29 is 24.2 Å². The molecular weight excluding hydrogens is 550 g/mol. The monoisotopic (exact) mass is 593 g/mol. The van der Waals surface area contributed by atoms with E-state index in [4.69, 9.17) is 9.47 Å². The van der Waals surface area contributed by atoms with E-state index in [0.29, 0.717) is 18.0 Å². The van der Waals surface area contributed by atoms with Crippen molar-refractivity contribution in [3.8, 4) is 0 Å². The summed E-state index contributed by atoms with van der Waals surface area (Å²) in [5, 5.41) is 19.9. The van der Waals surface area contributed by atoms with Crippen LogP contribution in [0.2, 0.25) is 0 Å². The molecule has 1 aliphatic carbocycles. The van der Waals surface area contributed by atoms with Crippen LogP contribution in [0, 0.1) is 11.8 Å². The highest BCUT2D eigenvalue weighted by molar-refractivity contribution is 7.09. The Hall–Kier alpha value is -3.27. The molecule has 2 amide bonds. The second kappa shape index (κ2) is 15.8.